The molecule has 1 aliphatic heterocycles. The number of hydrogen-bond acceptors (Lipinski definition) is 7. The first-order valence-corrected chi connectivity index (χ1v) is 9.02. The Morgan fingerprint density at radius 3 is 2.84 bits per heavy atom. The Morgan fingerprint density at radius 2 is 2.24 bits per heavy atom. The number of nitro groups is 1. The minimum Gasteiger partial charge on any atom is -0.493 e. The molecular formula is C16H20N2O6S. The first-order valence-electron chi connectivity index (χ1n) is 7.86. The maximum Gasteiger partial charge on any atom is 0.286 e. The number of thioether (sulfide) groups is 1. The molecule has 1 unspecified atom stereocenters. The number of rotatable bonds is 8. The zero-order valence-corrected chi connectivity index (χ0v) is 14.9. The molecule has 1 fully saturated rings. The Hall–Kier alpha value is -2.29. The second kappa shape index (κ2) is 8.70. The molecule has 0 spiro atoms. The van der Waals surface area contributed by atoms with Crippen molar-refractivity contribution in [3.63, 3.8) is 0 Å². The third-order valence-corrected chi connectivity index (χ3v) is 4.84. The summed E-state index contributed by atoms with van der Waals surface area (Å²) in [5.74, 6) is 0.711. The first kappa shape index (κ1) is 19.0. The number of nitro benzene ring substituents is 1. The third-order valence-electron chi connectivity index (χ3n) is 3.80. The highest BCUT2D eigenvalue weighted by atomic mass is 32.2. The molecule has 1 aromatic rings. The number of hydrogen-bond donors (Lipinski definition) is 0. The summed E-state index contributed by atoms with van der Waals surface area (Å²) in [6, 6.07) is 1.94. The second-order valence-corrected chi connectivity index (χ2v) is 6.46. The lowest BCUT2D eigenvalue weighted by Crippen LogP contribution is -2.37. The molecule has 0 radical (unpaired) electrons. The number of unbranched alkanes of at least 4 members (excludes halogenated alkanes) is 1. The van der Waals surface area contributed by atoms with Crippen LogP contribution in [0.3, 0.4) is 0 Å². The predicted molar refractivity (Wildman–Crippen MR) is 93.4 cm³/mol. The SMILES string of the molecule is CCCCOc1cc([N+](=O)[O-])c(C(=O)N2CSCC2C=O)cc1OC. The molecule has 1 saturated heterocycles. The monoisotopic (exact) mass is 368 g/mol. The largest absolute Gasteiger partial charge is 0.493 e. The van der Waals surface area contributed by atoms with Crippen LogP contribution >= 0.6 is 11.8 Å². The molecule has 1 aromatic carbocycles. The van der Waals surface area contributed by atoms with Gasteiger partial charge in [-0.15, -0.1) is 11.8 Å². The summed E-state index contributed by atoms with van der Waals surface area (Å²) in [5, 5.41) is 11.4. The number of carbonyl (C=O) groups excluding carboxylic acids is 2. The fourth-order valence-corrected chi connectivity index (χ4v) is 3.52. The van der Waals surface area contributed by atoms with Crippen molar-refractivity contribution in [3.05, 3.63) is 27.8 Å². The maximum atomic E-state index is 12.7. The van der Waals surface area contributed by atoms with Crippen molar-refractivity contribution in [2.75, 3.05) is 25.3 Å². The number of carbonyl (C=O) groups is 2. The lowest BCUT2D eigenvalue weighted by molar-refractivity contribution is -0.385. The van der Waals surface area contributed by atoms with Crippen LogP contribution in [0.25, 0.3) is 0 Å². The van der Waals surface area contributed by atoms with E-state index in [1.807, 2.05) is 6.92 Å². The zero-order valence-electron chi connectivity index (χ0n) is 14.1. The minimum atomic E-state index is -0.627. The lowest BCUT2D eigenvalue weighted by Gasteiger charge is -2.20. The van der Waals surface area contributed by atoms with Gasteiger partial charge in [-0.3, -0.25) is 14.9 Å². The van der Waals surface area contributed by atoms with E-state index in [2.05, 4.69) is 0 Å². The van der Waals surface area contributed by atoms with Gasteiger partial charge >= 0.3 is 0 Å². The van der Waals surface area contributed by atoms with Gasteiger partial charge in [0.05, 0.1) is 36.6 Å². The van der Waals surface area contributed by atoms with Crippen LogP contribution in [-0.2, 0) is 4.79 Å². The quantitative estimate of drug-likeness (QED) is 0.301. The van der Waals surface area contributed by atoms with Gasteiger partial charge in [0.2, 0.25) is 0 Å². The maximum absolute atomic E-state index is 12.7. The standard InChI is InChI=1S/C16H20N2O6S/c1-3-4-5-24-15-7-13(18(21)22)12(6-14(15)23-2)16(20)17-10-25-9-11(17)8-19/h6-8,11H,3-5,9-10H2,1-2H3. The topological polar surface area (TPSA) is 99.0 Å². The van der Waals surface area contributed by atoms with Crippen LogP contribution in [0.1, 0.15) is 30.1 Å². The Morgan fingerprint density at radius 1 is 1.48 bits per heavy atom. The van der Waals surface area contributed by atoms with E-state index in [1.165, 1.54) is 35.9 Å². The Kier molecular flexibility index (Phi) is 6.63. The van der Waals surface area contributed by atoms with Crippen molar-refractivity contribution < 1.29 is 24.0 Å². The Bertz CT molecular complexity index is 666. The zero-order chi connectivity index (χ0) is 18.4. The van der Waals surface area contributed by atoms with Gasteiger partial charge in [-0.1, -0.05) is 13.3 Å². The fourth-order valence-electron chi connectivity index (χ4n) is 2.40. The molecule has 0 aliphatic carbocycles. The summed E-state index contributed by atoms with van der Waals surface area (Å²) >= 11 is 1.43. The van der Waals surface area contributed by atoms with E-state index in [9.17, 15) is 19.7 Å². The normalized spacial score (nSPS) is 16.6. The van der Waals surface area contributed by atoms with Crippen LogP contribution in [0.5, 0.6) is 11.5 Å². The molecular weight excluding hydrogens is 348 g/mol. The summed E-state index contributed by atoms with van der Waals surface area (Å²) < 4.78 is 10.8. The highest BCUT2D eigenvalue weighted by Crippen LogP contribution is 2.36. The van der Waals surface area contributed by atoms with Crippen molar-refractivity contribution in [2.24, 2.45) is 0 Å². The van der Waals surface area contributed by atoms with E-state index >= 15 is 0 Å². The summed E-state index contributed by atoms with van der Waals surface area (Å²) in [5.41, 5.74) is -0.474. The summed E-state index contributed by atoms with van der Waals surface area (Å²) in [4.78, 5) is 36.0. The van der Waals surface area contributed by atoms with Gasteiger partial charge in [-0.2, -0.15) is 0 Å². The van der Waals surface area contributed by atoms with Crippen LogP contribution in [0, 0.1) is 10.1 Å². The summed E-state index contributed by atoms with van der Waals surface area (Å²) in [7, 11) is 1.40. The van der Waals surface area contributed by atoms with Crippen LogP contribution in [-0.4, -0.2) is 53.4 Å². The van der Waals surface area contributed by atoms with E-state index in [0.29, 0.717) is 24.5 Å². The van der Waals surface area contributed by atoms with E-state index < -0.39 is 16.9 Å². The van der Waals surface area contributed by atoms with Crippen LogP contribution in [0.2, 0.25) is 0 Å². The van der Waals surface area contributed by atoms with Gasteiger partial charge in [0, 0.05) is 11.8 Å². The lowest BCUT2D eigenvalue weighted by atomic mass is 10.1. The van der Waals surface area contributed by atoms with Crippen molar-refractivity contribution in [3.8, 4) is 11.5 Å². The van der Waals surface area contributed by atoms with Gasteiger partial charge in [0.1, 0.15) is 11.8 Å². The molecule has 0 aromatic heterocycles. The molecule has 136 valence electrons. The van der Waals surface area contributed by atoms with Crippen LogP contribution < -0.4 is 9.47 Å². The summed E-state index contributed by atoms with van der Waals surface area (Å²) in [6.07, 6.45) is 2.40. The van der Waals surface area contributed by atoms with Gasteiger partial charge < -0.3 is 19.2 Å². The highest BCUT2D eigenvalue weighted by Gasteiger charge is 2.34. The number of aldehydes is 1. The molecule has 2 rings (SSSR count). The molecule has 9 heteroatoms. The van der Waals surface area contributed by atoms with Gasteiger partial charge in [-0.25, -0.2) is 0 Å². The highest BCUT2D eigenvalue weighted by molar-refractivity contribution is 7.99. The molecule has 0 bridgehead atoms. The molecule has 1 heterocycles. The molecule has 1 amide bonds. The molecule has 25 heavy (non-hydrogen) atoms. The second-order valence-electron chi connectivity index (χ2n) is 5.46. The number of ether oxygens (including phenoxy) is 2. The predicted octanol–water partition coefficient (Wildman–Crippen LogP) is 2.50. The van der Waals surface area contributed by atoms with Crippen molar-refractivity contribution in [2.45, 2.75) is 25.8 Å². The smallest absolute Gasteiger partial charge is 0.286 e. The van der Waals surface area contributed by atoms with E-state index in [-0.39, 0.29) is 22.7 Å². The average molecular weight is 368 g/mol. The van der Waals surface area contributed by atoms with E-state index in [1.54, 1.807) is 0 Å². The van der Waals surface area contributed by atoms with Gasteiger partial charge in [0.15, 0.2) is 11.5 Å². The van der Waals surface area contributed by atoms with Crippen molar-refractivity contribution in [1.82, 2.24) is 4.90 Å². The Balaban J connectivity index is 2.40. The average Bonchev–Trinajstić information content (AvgIpc) is 3.09. The minimum absolute atomic E-state index is 0.112. The van der Waals surface area contributed by atoms with Crippen LogP contribution in [0.15, 0.2) is 12.1 Å². The number of amides is 1. The molecule has 0 saturated carbocycles. The number of benzene rings is 1. The number of nitrogens with zero attached hydrogens (tertiary/aromatic N) is 2. The van der Waals surface area contributed by atoms with Gasteiger partial charge in [0.25, 0.3) is 11.6 Å². The van der Waals surface area contributed by atoms with Gasteiger partial charge in [-0.05, 0) is 6.42 Å². The van der Waals surface area contributed by atoms with E-state index in [4.69, 9.17) is 9.47 Å². The van der Waals surface area contributed by atoms with Crippen LogP contribution in [0.4, 0.5) is 5.69 Å². The fraction of sp³-hybridized carbons (Fsp3) is 0.500. The molecule has 0 N–H and O–H groups in total. The number of methoxy groups -OCH3 is 1. The summed E-state index contributed by atoms with van der Waals surface area (Å²) in [6.45, 7) is 2.40. The van der Waals surface area contributed by atoms with Crippen molar-refractivity contribution >= 4 is 29.6 Å². The van der Waals surface area contributed by atoms with E-state index in [0.717, 1.165) is 12.8 Å². The first-order chi connectivity index (χ1) is 12.0. The molecule has 1 atom stereocenters. The molecule has 8 nitrogen and oxygen atoms in total. The third kappa shape index (κ3) is 4.22. The van der Waals surface area contributed by atoms with Crippen molar-refractivity contribution in [1.29, 1.82) is 0 Å². The molecule has 1 aliphatic rings. The Labute approximate surface area is 149 Å².